The van der Waals surface area contributed by atoms with Gasteiger partial charge in [0, 0.05) is 12.1 Å². The van der Waals surface area contributed by atoms with E-state index in [0.29, 0.717) is 17.4 Å². The van der Waals surface area contributed by atoms with Gasteiger partial charge in [-0.3, -0.25) is 0 Å². The Kier molecular flexibility index (Phi) is 6.07. The van der Waals surface area contributed by atoms with Crippen LogP contribution in [0, 0.1) is 6.92 Å². The number of phenols is 1. The van der Waals surface area contributed by atoms with Crippen LogP contribution in [0.3, 0.4) is 0 Å². The van der Waals surface area contributed by atoms with Gasteiger partial charge in [-0.2, -0.15) is 0 Å². The number of rotatable bonds is 4. The lowest BCUT2D eigenvalue weighted by Crippen LogP contribution is -2.36. The Morgan fingerprint density at radius 2 is 1.76 bits per heavy atom. The van der Waals surface area contributed by atoms with Crippen molar-refractivity contribution in [2.24, 2.45) is 0 Å². The van der Waals surface area contributed by atoms with Gasteiger partial charge in [-0.1, -0.05) is 57.2 Å². The van der Waals surface area contributed by atoms with Crippen molar-refractivity contribution in [1.82, 2.24) is 10.6 Å². The van der Waals surface area contributed by atoms with E-state index < -0.39 is 0 Å². The fourth-order valence-corrected chi connectivity index (χ4v) is 2.90. The van der Waals surface area contributed by atoms with Crippen LogP contribution >= 0.6 is 12.2 Å². The minimum Gasteiger partial charge on any atom is -0.508 e. The summed E-state index contributed by atoms with van der Waals surface area (Å²) in [5, 5.41) is 17.1. The van der Waals surface area contributed by atoms with Gasteiger partial charge in [-0.05, 0) is 54.2 Å². The Morgan fingerprint density at radius 1 is 1.12 bits per heavy atom. The molecule has 3 N–H and O–H groups in total. The normalized spacial score (nSPS) is 12.5. The van der Waals surface area contributed by atoms with Gasteiger partial charge < -0.3 is 15.7 Å². The minimum absolute atomic E-state index is 0.0659. The molecule has 0 heterocycles. The quantitative estimate of drug-likeness (QED) is 0.694. The summed E-state index contributed by atoms with van der Waals surface area (Å²) >= 11 is 5.38. The molecule has 2 aromatic carbocycles. The lowest BCUT2D eigenvalue weighted by atomic mass is 9.87. The maximum atomic E-state index is 10.1. The van der Waals surface area contributed by atoms with E-state index in [1.165, 1.54) is 11.1 Å². The first kappa shape index (κ1) is 19.3. The first-order valence-corrected chi connectivity index (χ1v) is 9.01. The van der Waals surface area contributed by atoms with Gasteiger partial charge in [0.15, 0.2) is 5.11 Å². The van der Waals surface area contributed by atoms with E-state index >= 15 is 0 Å². The SMILES string of the molecule is Cc1ccc(C(C)NC(=S)NCc2ccc(C(C)(C)C)cc2)c(O)c1. The molecule has 0 spiro atoms. The fraction of sp³-hybridized carbons (Fsp3) is 0.381. The zero-order chi connectivity index (χ0) is 18.6. The van der Waals surface area contributed by atoms with E-state index in [4.69, 9.17) is 12.2 Å². The topological polar surface area (TPSA) is 44.3 Å². The Bertz CT molecular complexity index is 733. The highest BCUT2D eigenvalue weighted by Crippen LogP contribution is 2.25. The molecule has 2 rings (SSSR count). The first-order valence-electron chi connectivity index (χ1n) is 8.60. The number of nitrogens with one attached hydrogen (secondary N) is 2. The number of phenolic OH excluding ortho intramolecular Hbond substituents is 1. The summed E-state index contributed by atoms with van der Waals surface area (Å²) in [6.07, 6.45) is 0. The van der Waals surface area contributed by atoms with Crippen LogP contribution < -0.4 is 10.6 Å². The largest absolute Gasteiger partial charge is 0.508 e. The van der Waals surface area contributed by atoms with Gasteiger partial charge in [0.25, 0.3) is 0 Å². The average Bonchev–Trinajstić information content (AvgIpc) is 2.52. The number of hydrogen-bond acceptors (Lipinski definition) is 2. The van der Waals surface area contributed by atoms with Crippen molar-refractivity contribution in [3.05, 3.63) is 64.7 Å². The van der Waals surface area contributed by atoms with Crippen LogP contribution in [0.15, 0.2) is 42.5 Å². The molecule has 0 aliphatic heterocycles. The summed E-state index contributed by atoms with van der Waals surface area (Å²) in [4.78, 5) is 0. The number of aromatic hydroxyl groups is 1. The molecule has 1 atom stereocenters. The monoisotopic (exact) mass is 356 g/mol. The maximum Gasteiger partial charge on any atom is 0.167 e. The Balaban J connectivity index is 1.90. The molecule has 0 amide bonds. The third kappa shape index (κ3) is 5.46. The van der Waals surface area contributed by atoms with Gasteiger partial charge >= 0.3 is 0 Å². The molecule has 1 unspecified atom stereocenters. The molecule has 0 radical (unpaired) electrons. The van der Waals surface area contributed by atoms with Crippen molar-refractivity contribution in [2.75, 3.05) is 0 Å². The third-order valence-corrected chi connectivity index (χ3v) is 4.54. The smallest absolute Gasteiger partial charge is 0.167 e. The summed E-state index contributed by atoms with van der Waals surface area (Å²) in [6, 6.07) is 14.2. The summed E-state index contributed by atoms with van der Waals surface area (Å²) < 4.78 is 0. The van der Waals surface area contributed by atoms with Crippen LogP contribution in [0.5, 0.6) is 5.75 Å². The van der Waals surface area contributed by atoms with Crippen LogP contribution in [-0.2, 0) is 12.0 Å². The Morgan fingerprint density at radius 3 is 2.32 bits per heavy atom. The second kappa shape index (κ2) is 7.87. The predicted octanol–water partition coefficient (Wildman–Crippen LogP) is 4.72. The van der Waals surface area contributed by atoms with Crippen molar-refractivity contribution in [3.63, 3.8) is 0 Å². The van der Waals surface area contributed by atoms with E-state index in [2.05, 4.69) is 55.7 Å². The number of thiocarbonyl (C=S) groups is 1. The van der Waals surface area contributed by atoms with Crippen molar-refractivity contribution >= 4 is 17.3 Å². The molecule has 4 heteroatoms. The lowest BCUT2D eigenvalue weighted by Gasteiger charge is -2.20. The molecule has 2 aromatic rings. The van der Waals surface area contributed by atoms with Gasteiger partial charge in [-0.15, -0.1) is 0 Å². The van der Waals surface area contributed by atoms with Crippen molar-refractivity contribution in [2.45, 2.75) is 52.6 Å². The van der Waals surface area contributed by atoms with Crippen molar-refractivity contribution in [3.8, 4) is 5.75 Å². The first-order chi connectivity index (χ1) is 11.7. The van der Waals surface area contributed by atoms with E-state index in [-0.39, 0.29) is 11.5 Å². The van der Waals surface area contributed by atoms with Gasteiger partial charge in [0.1, 0.15) is 5.75 Å². The Labute approximate surface area is 156 Å². The molecule has 0 aliphatic rings. The van der Waals surface area contributed by atoms with E-state index in [1.807, 2.05) is 26.0 Å². The van der Waals surface area contributed by atoms with Crippen LogP contribution in [-0.4, -0.2) is 10.2 Å². The minimum atomic E-state index is -0.0659. The van der Waals surface area contributed by atoms with Crippen molar-refractivity contribution < 1.29 is 5.11 Å². The van der Waals surface area contributed by atoms with E-state index in [1.54, 1.807) is 6.07 Å². The highest BCUT2D eigenvalue weighted by molar-refractivity contribution is 7.80. The van der Waals surface area contributed by atoms with Crippen LogP contribution in [0.1, 0.15) is 56.0 Å². The summed E-state index contributed by atoms with van der Waals surface area (Å²) in [5.41, 5.74) is 4.54. The maximum absolute atomic E-state index is 10.1. The van der Waals surface area contributed by atoms with Gasteiger partial charge in [-0.25, -0.2) is 0 Å². The highest BCUT2D eigenvalue weighted by Gasteiger charge is 2.13. The lowest BCUT2D eigenvalue weighted by molar-refractivity contribution is 0.460. The third-order valence-electron chi connectivity index (χ3n) is 4.27. The number of aryl methyl sites for hydroxylation is 1. The zero-order valence-corrected chi connectivity index (χ0v) is 16.5. The van der Waals surface area contributed by atoms with Crippen LogP contribution in [0.25, 0.3) is 0 Å². The molecule has 0 saturated heterocycles. The summed E-state index contributed by atoms with van der Waals surface area (Å²) in [7, 11) is 0. The zero-order valence-electron chi connectivity index (χ0n) is 15.7. The standard InChI is InChI=1S/C21H28N2OS/c1-14-6-11-18(19(24)12-14)15(2)23-20(25)22-13-16-7-9-17(10-8-16)21(3,4)5/h6-12,15,24H,13H2,1-5H3,(H2,22,23,25). The fourth-order valence-electron chi connectivity index (χ4n) is 2.65. The molecule has 25 heavy (non-hydrogen) atoms. The average molecular weight is 357 g/mol. The molecule has 0 aromatic heterocycles. The van der Waals surface area contributed by atoms with Gasteiger partial charge in [0.05, 0.1) is 6.04 Å². The second-order valence-electron chi connectivity index (χ2n) is 7.56. The second-order valence-corrected chi connectivity index (χ2v) is 7.97. The predicted molar refractivity (Wildman–Crippen MR) is 109 cm³/mol. The molecular formula is C21H28N2OS. The molecule has 0 aliphatic carbocycles. The van der Waals surface area contributed by atoms with Gasteiger partial charge in [0.2, 0.25) is 0 Å². The van der Waals surface area contributed by atoms with E-state index in [9.17, 15) is 5.11 Å². The van der Waals surface area contributed by atoms with Crippen LogP contribution in [0.2, 0.25) is 0 Å². The molecular weight excluding hydrogens is 328 g/mol. The summed E-state index contributed by atoms with van der Waals surface area (Å²) in [6.45, 7) is 11.2. The molecule has 0 bridgehead atoms. The molecule has 0 fully saturated rings. The molecule has 0 saturated carbocycles. The number of hydrogen-bond donors (Lipinski definition) is 3. The van der Waals surface area contributed by atoms with Crippen molar-refractivity contribution in [1.29, 1.82) is 0 Å². The molecule has 134 valence electrons. The number of benzene rings is 2. The molecule has 3 nitrogen and oxygen atoms in total. The van der Waals surface area contributed by atoms with E-state index in [0.717, 1.165) is 11.1 Å². The van der Waals surface area contributed by atoms with Crippen LogP contribution in [0.4, 0.5) is 0 Å². The summed E-state index contributed by atoms with van der Waals surface area (Å²) in [5.74, 6) is 0.292. The highest BCUT2D eigenvalue weighted by atomic mass is 32.1. The Hall–Kier alpha value is -2.07.